The first kappa shape index (κ1) is 23.4. The molecule has 8 nitrogen and oxygen atoms in total. The van der Waals surface area contributed by atoms with Gasteiger partial charge in [-0.05, 0) is 55.5 Å². The summed E-state index contributed by atoms with van der Waals surface area (Å²) in [5.74, 6) is 1.78. The Hall–Kier alpha value is -3.36. The van der Waals surface area contributed by atoms with Crippen LogP contribution in [0.15, 0.2) is 47.1 Å². The summed E-state index contributed by atoms with van der Waals surface area (Å²) in [5.41, 5.74) is 5.07. The van der Waals surface area contributed by atoms with Gasteiger partial charge < -0.3 is 23.9 Å². The molecule has 0 radical (unpaired) electrons. The van der Waals surface area contributed by atoms with Crippen LogP contribution in [0.25, 0.3) is 0 Å². The molecule has 0 aliphatic carbocycles. The summed E-state index contributed by atoms with van der Waals surface area (Å²) in [6.07, 6.45) is 3.52. The van der Waals surface area contributed by atoms with E-state index in [9.17, 15) is 4.79 Å². The van der Waals surface area contributed by atoms with E-state index in [1.165, 1.54) is 23.0 Å². The molecule has 5 rings (SSSR count). The standard InChI is InChI=1S/C27H31N3O5/c1-18-5-6-19(2)21(10-18)14-30(13-20-7-8-24-25(11-20)35-17-34-24)15-26-29-23(16-33-26)27(31)28-12-22-4-3-9-32-22/h5-8,10-11,16,22H,3-4,9,12-15,17H2,1-2H3,(H,28,31). The maximum absolute atomic E-state index is 12.5. The van der Waals surface area contributed by atoms with E-state index in [4.69, 9.17) is 18.6 Å². The summed E-state index contributed by atoms with van der Waals surface area (Å²) < 4.78 is 22.3. The second-order valence-corrected chi connectivity index (χ2v) is 9.23. The molecule has 1 saturated heterocycles. The molecule has 1 N–H and O–H groups in total. The molecule has 2 aromatic carbocycles. The highest BCUT2D eigenvalue weighted by Gasteiger charge is 2.20. The predicted molar refractivity (Wildman–Crippen MR) is 129 cm³/mol. The fourth-order valence-electron chi connectivity index (χ4n) is 4.46. The van der Waals surface area contributed by atoms with E-state index >= 15 is 0 Å². The summed E-state index contributed by atoms with van der Waals surface area (Å²) in [7, 11) is 0. The van der Waals surface area contributed by atoms with E-state index in [0.29, 0.717) is 32.1 Å². The van der Waals surface area contributed by atoms with Crippen molar-refractivity contribution >= 4 is 5.91 Å². The number of ether oxygens (including phenoxy) is 3. The first-order valence-electron chi connectivity index (χ1n) is 12.0. The maximum Gasteiger partial charge on any atom is 0.273 e. The number of fused-ring (bicyclic) bond motifs is 1. The lowest BCUT2D eigenvalue weighted by atomic mass is 10.0. The van der Waals surface area contributed by atoms with Gasteiger partial charge in [-0.2, -0.15) is 0 Å². The Morgan fingerprint density at radius 3 is 2.83 bits per heavy atom. The number of carbonyl (C=O) groups is 1. The molecule has 1 aromatic heterocycles. The monoisotopic (exact) mass is 477 g/mol. The SMILES string of the molecule is Cc1ccc(C)c(CN(Cc2ccc3c(c2)OCO3)Cc2nc(C(=O)NCC3CCCO3)co2)c1. The molecule has 1 unspecified atom stereocenters. The Balaban J connectivity index is 1.30. The van der Waals surface area contributed by atoms with E-state index in [1.54, 1.807) is 0 Å². The summed E-state index contributed by atoms with van der Waals surface area (Å²) in [6.45, 7) is 7.55. The third-order valence-electron chi connectivity index (χ3n) is 6.40. The van der Waals surface area contributed by atoms with Gasteiger partial charge in [0.05, 0.1) is 12.6 Å². The molecule has 2 aliphatic heterocycles. The van der Waals surface area contributed by atoms with Crippen LogP contribution in [0.4, 0.5) is 0 Å². The quantitative estimate of drug-likeness (QED) is 0.496. The summed E-state index contributed by atoms with van der Waals surface area (Å²) >= 11 is 0. The van der Waals surface area contributed by atoms with Crippen molar-refractivity contribution in [3.05, 3.63) is 76.5 Å². The van der Waals surface area contributed by atoms with Crippen LogP contribution < -0.4 is 14.8 Å². The smallest absolute Gasteiger partial charge is 0.273 e. The molecule has 35 heavy (non-hydrogen) atoms. The van der Waals surface area contributed by atoms with E-state index in [-0.39, 0.29) is 24.5 Å². The number of nitrogens with one attached hydrogen (secondary N) is 1. The molecule has 1 fully saturated rings. The lowest BCUT2D eigenvalue weighted by Gasteiger charge is -2.22. The number of aryl methyl sites for hydroxylation is 2. The zero-order valence-corrected chi connectivity index (χ0v) is 20.2. The highest BCUT2D eigenvalue weighted by atomic mass is 16.7. The minimum Gasteiger partial charge on any atom is -0.454 e. The van der Waals surface area contributed by atoms with Crippen LogP contribution in [0.1, 0.15) is 51.5 Å². The Kier molecular flexibility index (Phi) is 7.01. The number of hydrogen-bond donors (Lipinski definition) is 1. The van der Waals surface area contributed by atoms with Crippen LogP contribution >= 0.6 is 0 Å². The first-order chi connectivity index (χ1) is 17.0. The molecule has 0 spiro atoms. The van der Waals surface area contributed by atoms with Gasteiger partial charge in [-0.3, -0.25) is 9.69 Å². The number of carbonyl (C=O) groups excluding carboxylic acids is 1. The molecule has 184 valence electrons. The number of rotatable bonds is 9. The first-order valence-corrected chi connectivity index (χ1v) is 12.0. The van der Waals surface area contributed by atoms with Gasteiger partial charge in [-0.25, -0.2) is 4.98 Å². The van der Waals surface area contributed by atoms with Crippen LogP contribution in [0.5, 0.6) is 11.5 Å². The summed E-state index contributed by atoms with van der Waals surface area (Å²) in [6, 6.07) is 12.5. The summed E-state index contributed by atoms with van der Waals surface area (Å²) in [4.78, 5) is 19.3. The highest BCUT2D eigenvalue weighted by molar-refractivity contribution is 5.91. The number of oxazole rings is 1. The van der Waals surface area contributed by atoms with Gasteiger partial charge in [0.1, 0.15) is 6.26 Å². The highest BCUT2D eigenvalue weighted by Crippen LogP contribution is 2.33. The van der Waals surface area contributed by atoms with E-state index < -0.39 is 0 Å². The van der Waals surface area contributed by atoms with Crippen molar-refractivity contribution in [2.75, 3.05) is 19.9 Å². The fraction of sp³-hybridized carbons (Fsp3) is 0.407. The van der Waals surface area contributed by atoms with Crippen LogP contribution in [-0.2, 0) is 24.4 Å². The number of nitrogens with zero attached hydrogens (tertiary/aromatic N) is 2. The van der Waals surface area contributed by atoms with Crippen LogP contribution in [0.3, 0.4) is 0 Å². The summed E-state index contributed by atoms with van der Waals surface area (Å²) in [5, 5.41) is 2.90. The van der Waals surface area contributed by atoms with Gasteiger partial charge in [0.25, 0.3) is 5.91 Å². The maximum atomic E-state index is 12.5. The Labute approximate surface area is 205 Å². The van der Waals surface area contributed by atoms with Gasteiger partial charge in [0.15, 0.2) is 17.2 Å². The molecule has 8 heteroatoms. The van der Waals surface area contributed by atoms with Gasteiger partial charge in [0.2, 0.25) is 12.7 Å². The molecule has 0 saturated carbocycles. The average Bonchev–Trinajstić information content (AvgIpc) is 3.62. The van der Waals surface area contributed by atoms with Crippen molar-refractivity contribution in [2.24, 2.45) is 0 Å². The van der Waals surface area contributed by atoms with E-state index in [1.807, 2.05) is 18.2 Å². The number of benzene rings is 2. The van der Waals surface area contributed by atoms with Crippen molar-refractivity contribution in [1.29, 1.82) is 0 Å². The van der Waals surface area contributed by atoms with Crippen molar-refractivity contribution in [3.8, 4) is 11.5 Å². The van der Waals surface area contributed by atoms with Crippen molar-refractivity contribution < 1.29 is 23.4 Å². The zero-order chi connectivity index (χ0) is 24.2. The normalized spacial score (nSPS) is 16.7. The lowest BCUT2D eigenvalue weighted by Crippen LogP contribution is -2.32. The van der Waals surface area contributed by atoms with E-state index in [2.05, 4.69) is 47.2 Å². The Morgan fingerprint density at radius 1 is 1.09 bits per heavy atom. The topological polar surface area (TPSA) is 86.1 Å². The zero-order valence-electron chi connectivity index (χ0n) is 20.2. The van der Waals surface area contributed by atoms with Gasteiger partial charge in [-0.1, -0.05) is 29.8 Å². The second kappa shape index (κ2) is 10.5. The molecule has 3 heterocycles. The molecule has 3 aromatic rings. The molecule has 1 atom stereocenters. The Bertz CT molecular complexity index is 1190. The van der Waals surface area contributed by atoms with Gasteiger partial charge in [-0.15, -0.1) is 0 Å². The number of aromatic nitrogens is 1. The van der Waals surface area contributed by atoms with Gasteiger partial charge >= 0.3 is 0 Å². The van der Waals surface area contributed by atoms with Gasteiger partial charge in [0, 0.05) is 26.2 Å². The van der Waals surface area contributed by atoms with Crippen LogP contribution in [0, 0.1) is 13.8 Å². The second-order valence-electron chi connectivity index (χ2n) is 9.23. The predicted octanol–water partition coefficient (Wildman–Crippen LogP) is 4.13. The van der Waals surface area contributed by atoms with Crippen LogP contribution in [-0.4, -0.2) is 41.8 Å². The van der Waals surface area contributed by atoms with E-state index in [0.717, 1.165) is 36.5 Å². The fourth-order valence-corrected chi connectivity index (χ4v) is 4.46. The Morgan fingerprint density at radius 2 is 1.97 bits per heavy atom. The van der Waals surface area contributed by atoms with Crippen molar-refractivity contribution in [1.82, 2.24) is 15.2 Å². The molecular weight excluding hydrogens is 446 g/mol. The van der Waals surface area contributed by atoms with Crippen molar-refractivity contribution in [2.45, 2.75) is 52.4 Å². The molecule has 2 aliphatic rings. The number of amides is 1. The third kappa shape index (κ3) is 5.83. The largest absolute Gasteiger partial charge is 0.454 e. The molecular formula is C27H31N3O5. The minimum atomic E-state index is -0.243. The molecule has 0 bridgehead atoms. The lowest BCUT2D eigenvalue weighted by molar-refractivity contribution is 0.0853. The molecule has 1 amide bonds. The third-order valence-corrected chi connectivity index (χ3v) is 6.40. The number of hydrogen-bond acceptors (Lipinski definition) is 7. The van der Waals surface area contributed by atoms with Crippen LogP contribution in [0.2, 0.25) is 0 Å². The average molecular weight is 478 g/mol. The minimum absolute atomic E-state index is 0.0834. The van der Waals surface area contributed by atoms with Crippen molar-refractivity contribution in [3.63, 3.8) is 0 Å².